The summed E-state index contributed by atoms with van der Waals surface area (Å²) in [5, 5.41) is 14.7. The lowest BCUT2D eigenvalue weighted by Crippen LogP contribution is -2.75. The number of esters is 1. The number of allylic oxidation sites excluding steroid dienone is 4. The largest absolute Gasteiger partial charge is 0.482 e. The van der Waals surface area contributed by atoms with E-state index in [1.54, 1.807) is 19.2 Å². The number of nitrogens with zero attached hydrogens (tertiary/aromatic N) is 3. The third-order valence-electron chi connectivity index (χ3n) is 12.4. The van der Waals surface area contributed by atoms with Crippen molar-refractivity contribution >= 4 is 29.5 Å². The lowest BCUT2D eigenvalue weighted by molar-refractivity contribution is -0.181. The van der Waals surface area contributed by atoms with Crippen molar-refractivity contribution in [2.75, 3.05) is 12.4 Å². The molecule has 1 saturated heterocycles. The fraction of sp³-hybridized carbons (Fsp3) is 0.488. The third-order valence-corrected chi connectivity index (χ3v) is 12.4. The highest BCUT2D eigenvalue weighted by atomic mass is 16.6. The molecule has 3 saturated carbocycles. The van der Waals surface area contributed by atoms with E-state index in [4.69, 9.17) is 18.9 Å². The summed E-state index contributed by atoms with van der Waals surface area (Å²) in [6.45, 7) is 16.1. The van der Waals surface area contributed by atoms with Crippen LogP contribution in [-0.2, 0) is 25.5 Å². The molecule has 1 N–H and O–H groups in total. The quantitative estimate of drug-likeness (QED) is 0.165. The number of hydrogen-bond donors (Lipinski definition) is 1. The summed E-state index contributed by atoms with van der Waals surface area (Å²) in [6.07, 6.45) is 16.6. The van der Waals surface area contributed by atoms with E-state index >= 15 is 4.79 Å². The summed E-state index contributed by atoms with van der Waals surface area (Å²) >= 11 is 0. The fourth-order valence-electron chi connectivity index (χ4n) is 10.0. The van der Waals surface area contributed by atoms with Crippen LogP contribution in [0.2, 0.25) is 0 Å². The van der Waals surface area contributed by atoms with Gasteiger partial charge < -0.3 is 28.8 Å². The minimum Gasteiger partial charge on any atom is -0.482 e. The van der Waals surface area contributed by atoms with Gasteiger partial charge in [0.2, 0.25) is 5.95 Å². The van der Waals surface area contributed by atoms with E-state index in [1.165, 1.54) is 12.7 Å². The van der Waals surface area contributed by atoms with Crippen LogP contribution in [0.25, 0.3) is 11.8 Å². The molecule has 3 aliphatic carbocycles. The monoisotopic (exact) mass is 716 g/mol. The van der Waals surface area contributed by atoms with E-state index in [9.17, 15) is 10.1 Å². The molecule has 5 heterocycles. The Bertz CT molecular complexity index is 2190. The number of nitriles is 1. The van der Waals surface area contributed by atoms with Gasteiger partial charge in [0.05, 0.1) is 35.6 Å². The van der Waals surface area contributed by atoms with Crippen LogP contribution < -0.4 is 14.8 Å². The highest BCUT2D eigenvalue weighted by Crippen LogP contribution is 2.73. The van der Waals surface area contributed by atoms with Crippen LogP contribution in [0.1, 0.15) is 109 Å². The molecule has 0 radical (unpaired) electrons. The number of fused-ring (bicyclic) bond motifs is 4. The highest BCUT2D eigenvalue weighted by Gasteiger charge is 2.84. The standard InChI is InChI=1S/C43H48N4O6/c1-23(2)11-10-16-41(8)17-15-26-29(22-44)31-33-32-34(47-20-19-45-39(47)46-33)28-21-30-40(6,7)53-42(37(28)48,18-14-25(5)38(49)50-9)43(30,32)52-36(31)27(35(26)51-41)13-12-24(3)4/h11-12,14-15,17,19-20,28,30,34H,10,13,16,18,21H2,1-9H3,(H,45,46)/b25-14-. The number of nitrogens with one attached hydrogen (secondary N) is 1. The van der Waals surface area contributed by atoms with Gasteiger partial charge in [-0.1, -0.05) is 29.4 Å². The van der Waals surface area contributed by atoms with E-state index in [0.717, 1.165) is 35.2 Å². The van der Waals surface area contributed by atoms with Gasteiger partial charge in [0.25, 0.3) is 0 Å². The number of hydrogen-bond acceptors (Lipinski definition) is 9. The number of Topliss-reactive ketones (excluding diaryl/α,β-unsaturated/α-hetero) is 1. The second-order valence-corrected chi connectivity index (χ2v) is 16.7. The van der Waals surface area contributed by atoms with E-state index in [2.05, 4.69) is 69.2 Å². The normalized spacial score (nSPS) is 30.5. The average Bonchev–Trinajstić information content (AvgIpc) is 3.63. The highest BCUT2D eigenvalue weighted by molar-refractivity contribution is 6.02. The number of methoxy groups -OCH3 is 1. The molecule has 10 heteroatoms. The Kier molecular flexibility index (Phi) is 7.84. The molecular weight excluding hydrogens is 668 g/mol. The average molecular weight is 717 g/mol. The van der Waals surface area contributed by atoms with Gasteiger partial charge in [-0.05, 0) is 93.2 Å². The first-order valence-electron chi connectivity index (χ1n) is 18.6. The maximum atomic E-state index is 15.3. The van der Waals surface area contributed by atoms with Crippen molar-refractivity contribution in [3.8, 4) is 17.6 Å². The smallest absolute Gasteiger partial charge is 0.333 e. The predicted octanol–water partition coefficient (Wildman–Crippen LogP) is 7.96. The Morgan fingerprint density at radius 2 is 1.87 bits per heavy atom. The Morgan fingerprint density at radius 3 is 2.57 bits per heavy atom. The number of rotatable bonds is 8. The molecule has 0 amide bonds. The van der Waals surface area contributed by atoms with Crippen molar-refractivity contribution in [3.05, 3.63) is 81.2 Å². The Hall–Kier alpha value is -4.88. The van der Waals surface area contributed by atoms with Crippen LogP contribution >= 0.6 is 0 Å². The van der Waals surface area contributed by atoms with Crippen molar-refractivity contribution in [2.24, 2.45) is 11.8 Å². The first kappa shape index (κ1) is 35.2. The Morgan fingerprint density at radius 1 is 1.11 bits per heavy atom. The molecule has 6 unspecified atom stereocenters. The summed E-state index contributed by atoms with van der Waals surface area (Å²) in [7, 11) is 1.35. The third kappa shape index (κ3) is 4.75. The minimum atomic E-state index is -1.47. The molecule has 4 fully saturated rings. The first-order valence-corrected chi connectivity index (χ1v) is 18.6. The molecule has 1 aromatic heterocycles. The molecule has 4 bridgehead atoms. The lowest BCUT2D eigenvalue weighted by atomic mass is 9.47. The van der Waals surface area contributed by atoms with Crippen LogP contribution in [0.15, 0.2) is 59.0 Å². The SMILES string of the molecule is COC(=O)/C(C)=C\CC12OC(C)(C)C3CC(C1=O)C1C4=C(Nc5nccn51)c1c(C#N)c5c(c(CC=C(C)C)c1OC432)OC(C)(CCC=C(C)C)C=C5. The Balaban J connectivity index is 1.44. The van der Waals surface area contributed by atoms with Crippen LogP contribution in [0.5, 0.6) is 11.5 Å². The zero-order chi connectivity index (χ0) is 37.8. The van der Waals surface area contributed by atoms with E-state index in [1.807, 2.05) is 30.7 Å². The molecule has 53 heavy (non-hydrogen) atoms. The van der Waals surface area contributed by atoms with Crippen LogP contribution in [0.4, 0.5) is 5.95 Å². The first-order chi connectivity index (χ1) is 25.1. The molecule has 10 nitrogen and oxygen atoms in total. The van der Waals surface area contributed by atoms with E-state index in [-0.39, 0.29) is 18.1 Å². The fourth-order valence-corrected chi connectivity index (χ4v) is 10.0. The molecule has 2 aromatic rings. The number of aromatic nitrogens is 2. The van der Waals surface area contributed by atoms with Crippen molar-refractivity contribution in [1.29, 1.82) is 5.26 Å². The number of ether oxygens (including phenoxy) is 4. The van der Waals surface area contributed by atoms with E-state index < -0.39 is 40.3 Å². The predicted molar refractivity (Wildman–Crippen MR) is 201 cm³/mol. The number of carbonyl (C=O) groups is 2. The lowest BCUT2D eigenvalue weighted by Gasteiger charge is -2.62. The molecule has 9 rings (SSSR count). The summed E-state index contributed by atoms with van der Waals surface area (Å²) in [5.41, 5.74) is 2.85. The number of ketones is 1. The minimum absolute atomic E-state index is 0.0540. The maximum absolute atomic E-state index is 15.3. The topological polar surface area (TPSA) is 125 Å². The zero-order valence-electron chi connectivity index (χ0n) is 32.1. The molecule has 276 valence electrons. The zero-order valence-corrected chi connectivity index (χ0v) is 32.1. The summed E-state index contributed by atoms with van der Waals surface area (Å²) in [6, 6.07) is 2.16. The molecule has 6 atom stereocenters. The van der Waals surface area contributed by atoms with Crippen LogP contribution in [0.3, 0.4) is 0 Å². The number of imidazole rings is 1. The van der Waals surface area contributed by atoms with Crippen LogP contribution in [-0.4, -0.2) is 50.8 Å². The van der Waals surface area contributed by atoms with Gasteiger partial charge in [0.15, 0.2) is 17.0 Å². The van der Waals surface area contributed by atoms with Gasteiger partial charge >= 0.3 is 5.97 Å². The van der Waals surface area contributed by atoms with Crippen molar-refractivity contribution in [2.45, 2.75) is 116 Å². The van der Waals surface area contributed by atoms with Gasteiger partial charge in [-0.3, -0.25) is 4.79 Å². The summed E-state index contributed by atoms with van der Waals surface area (Å²) < 4.78 is 28.9. The van der Waals surface area contributed by atoms with Gasteiger partial charge in [0.1, 0.15) is 23.2 Å². The second-order valence-electron chi connectivity index (χ2n) is 16.7. The van der Waals surface area contributed by atoms with Crippen molar-refractivity contribution in [1.82, 2.24) is 9.55 Å². The summed E-state index contributed by atoms with van der Waals surface area (Å²) in [4.78, 5) is 32.6. The van der Waals surface area contributed by atoms with Gasteiger partial charge in [-0.2, -0.15) is 5.26 Å². The molecule has 1 aromatic carbocycles. The molecule has 7 aliphatic rings. The maximum Gasteiger partial charge on any atom is 0.333 e. The number of anilines is 1. The summed E-state index contributed by atoms with van der Waals surface area (Å²) in [5.74, 6) is 0.532. The van der Waals surface area contributed by atoms with E-state index in [0.29, 0.717) is 52.6 Å². The molecular formula is C43H48N4O6. The number of carbonyl (C=O) groups excluding carboxylic acids is 2. The van der Waals surface area contributed by atoms with Crippen molar-refractivity contribution in [3.63, 3.8) is 0 Å². The van der Waals surface area contributed by atoms with Gasteiger partial charge in [-0.15, -0.1) is 0 Å². The van der Waals surface area contributed by atoms with Gasteiger partial charge in [0, 0.05) is 52.9 Å². The number of benzene rings is 1. The Labute approximate surface area is 311 Å². The van der Waals surface area contributed by atoms with Crippen molar-refractivity contribution < 1.29 is 28.5 Å². The van der Waals surface area contributed by atoms with Gasteiger partial charge in [-0.25, -0.2) is 9.78 Å². The molecule has 1 spiro atoms. The van der Waals surface area contributed by atoms with Crippen LogP contribution in [0, 0.1) is 23.2 Å². The molecule has 4 aliphatic heterocycles. The second kappa shape index (κ2) is 11.8.